The molecule has 0 aliphatic rings. The highest BCUT2D eigenvalue weighted by Gasteiger charge is 2.10. The number of carbonyl (C=O) groups excluding carboxylic acids is 1. The summed E-state index contributed by atoms with van der Waals surface area (Å²) < 4.78 is 10.6. The van der Waals surface area contributed by atoms with E-state index in [4.69, 9.17) is 15.2 Å². The number of hydrogen-bond donors (Lipinski definition) is 1. The Labute approximate surface area is 114 Å². The van der Waals surface area contributed by atoms with E-state index in [1.807, 2.05) is 25.9 Å². The predicted molar refractivity (Wildman–Crippen MR) is 75.5 cm³/mol. The Hall–Kier alpha value is -1.75. The van der Waals surface area contributed by atoms with Gasteiger partial charge >= 0.3 is 5.97 Å². The SMILES string of the molecule is CCCOc1cc(C(=O)OCCN(C)C)ccc1N. The molecule has 0 aliphatic carbocycles. The molecule has 0 spiro atoms. The van der Waals surface area contributed by atoms with Crippen molar-refractivity contribution in [3.05, 3.63) is 23.8 Å². The van der Waals surface area contributed by atoms with E-state index in [-0.39, 0.29) is 5.97 Å². The first kappa shape index (κ1) is 15.3. The molecule has 5 nitrogen and oxygen atoms in total. The molecular weight excluding hydrogens is 244 g/mol. The molecule has 0 amide bonds. The van der Waals surface area contributed by atoms with Gasteiger partial charge in [0.1, 0.15) is 12.4 Å². The van der Waals surface area contributed by atoms with E-state index in [1.54, 1.807) is 18.2 Å². The highest BCUT2D eigenvalue weighted by atomic mass is 16.5. The number of nitrogens with two attached hydrogens (primary N) is 1. The Balaban J connectivity index is 2.64. The van der Waals surface area contributed by atoms with Crippen molar-refractivity contribution in [1.82, 2.24) is 4.90 Å². The molecule has 0 fully saturated rings. The summed E-state index contributed by atoms with van der Waals surface area (Å²) in [5.41, 5.74) is 6.77. The molecule has 0 atom stereocenters. The number of nitrogen functional groups attached to an aromatic ring is 1. The summed E-state index contributed by atoms with van der Waals surface area (Å²) in [7, 11) is 3.85. The van der Waals surface area contributed by atoms with Crippen LogP contribution >= 0.6 is 0 Å². The van der Waals surface area contributed by atoms with Gasteiger partial charge in [-0.25, -0.2) is 4.79 Å². The van der Waals surface area contributed by atoms with E-state index in [1.165, 1.54) is 0 Å². The van der Waals surface area contributed by atoms with Crippen LogP contribution in [-0.2, 0) is 4.74 Å². The van der Waals surface area contributed by atoms with Gasteiger partial charge in [0.05, 0.1) is 17.9 Å². The molecule has 0 bridgehead atoms. The lowest BCUT2D eigenvalue weighted by Crippen LogP contribution is -2.20. The van der Waals surface area contributed by atoms with Crippen LogP contribution in [0.25, 0.3) is 0 Å². The maximum absolute atomic E-state index is 11.8. The van der Waals surface area contributed by atoms with E-state index < -0.39 is 0 Å². The molecule has 1 aromatic carbocycles. The molecule has 0 aromatic heterocycles. The van der Waals surface area contributed by atoms with Crippen LogP contribution in [0.15, 0.2) is 18.2 Å². The quantitative estimate of drug-likeness (QED) is 0.602. The minimum absolute atomic E-state index is 0.358. The third-order valence-electron chi connectivity index (χ3n) is 2.48. The molecule has 5 heteroatoms. The van der Waals surface area contributed by atoms with E-state index in [0.29, 0.717) is 36.8 Å². The second-order valence-electron chi connectivity index (χ2n) is 4.54. The van der Waals surface area contributed by atoms with Crippen molar-refractivity contribution in [1.29, 1.82) is 0 Å². The fraction of sp³-hybridized carbons (Fsp3) is 0.500. The second kappa shape index (κ2) is 7.63. The summed E-state index contributed by atoms with van der Waals surface area (Å²) in [4.78, 5) is 13.8. The number of benzene rings is 1. The monoisotopic (exact) mass is 266 g/mol. The van der Waals surface area contributed by atoms with Gasteiger partial charge < -0.3 is 20.1 Å². The molecule has 2 N–H and O–H groups in total. The summed E-state index contributed by atoms with van der Waals surface area (Å²) in [5.74, 6) is 0.173. The summed E-state index contributed by atoms with van der Waals surface area (Å²) in [6, 6.07) is 4.93. The molecule has 1 rings (SSSR count). The highest BCUT2D eigenvalue weighted by molar-refractivity contribution is 5.90. The molecule has 1 aromatic rings. The predicted octanol–water partition coefficient (Wildman–Crippen LogP) is 1.78. The Morgan fingerprint density at radius 2 is 2.05 bits per heavy atom. The van der Waals surface area contributed by atoms with Gasteiger partial charge in [-0.1, -0.05) is 6.92 Å². The zero-order valence-corrected chi connectivity index (χ0v) is 11.8. The van der Waals surface area contributed by atoms with Crippen LogP contribution in [0.1, 0.15) is 23.7 Å². The molecule has 0 heterocycles. The first-order valence-electron chi connectivity index (χ1n) is 6.38. The first-order chi connectivity index (χ1) is 9.04. The number of esters is 1. The normalized spacial score (nSPS) is 10.5. The number of hydrogen-bond acceptors (Lipinski definition) is 5. The van der Waals surface area contributed by atoms with Crippen molar-refractivity contribution >= 4 is 11.7 Å². The van der Waals surface area contributed by atoms with Crippen LogP contribution < -0.4 is 10.5 Å². The van der Waals surface area contributed by atoms with Crippen LogP contribution in [0, 0.1) is 0 Å². The molecule has 106 valence electrons. The van der Waals surface area contributed by atoms with Gasteiger partial charge in [-0.2, -0.15) is 0 Å². The fourth-order valence-corrected chi connectivity index (χ4v) is 1.40. The van der Waals surface area contributed by atoms with Crippen molar-refractivity contribution < 1.29 is 14.3 Å². The lowest BCUT2D eigenvalue weighted by atomic mass is 10.2. The van der Waals surface area contributed by atoms with Crippen LogP contribution in [-0.4, -0.2) is 44.7 Å². The Morgan fingerprint density at radius 1 is 1.32 bits per heavy atom. The fourth-order valence-electron chi connectivity index (χ4n) is 1.40. The number of rotatable bonds is 7. The third kappa shape index (κ3) is 5.18. The minimum Gasteiger partial charge on any atom is -0.491 e. The van der Waals surface area contributed by atoms with Crippen LogP contribution in [0.5, 0.6) is 5.75 Å². The molecule has 0 saturated carbocycles. The smallest absolute Gasteiger partial charge is 0.338 e. The molecule has 0 aliphatic heterocycles. The Bertz CT molecular complexity index is 419. The number of likely N-dealkylation sites (N-methyl/N-ethyl adjacent to an activating group) is 1. The Morgan fingerprint density at radius 3 is 2.68 bits per heavy atom. The lowest BCUT2D eigenvalue weighted by Gasteiger charge is -2.11. The van der Waals surface area contributed by atoms with Crippen molar-refractivity contribution in [3.8, 4) is 5.75 Å². The number of nitrogens with zero attached hydrogens (tertiary/aromatic N) is 1. The molecule has 0 unspecified atom stereocenters. The summed E-state index contributed by atoms with van der Waals surface area (Å²) in [6.45, 7) is 3.64. The molecular formula is C14H22N2O3. The van der Waals surface area contributed by atoms with Crippen LogP contribution in [0.2, 0.25) is 0 Å². The van der Waals surface area contributed by atoms with Gasteiger partial charge in [-0.15, -0.1) is 0 Å². The number of anilines is 1. The standard InChI is InChI=1S/C14H22N2O3/c1-4-8-18-13-10-11(5-6-12(13)15)14(17)19-9-7-16(2)3/h5-6,10H,4,7-9,15H2,1-3H3. The average Bonchev–Trinajstić information content (AvgIpc) is 2.37. The maximum Gasteiger partial charge on any atom is 0.338 e. The van der Waals surface area contributed by atoms with Crippen molar-refractivity contribution in [2.75, 3.05) is 39.6 Å². The number of carbonyl (C=O) groups is 1. The van der Waals surface area contributed by atoms with Crippen molar-refractivity contribution in [2.24, 2.45) is 0 Å². The summed E-state index contributed by atoms with van der Waals surface area (Å²) >= 11 is 0. The van der Waals surface area contributed by atoms with Crippen LogP contribution in [0.3, 0.4) is 0 Å². The van der Waals surface area contributed by atoms with Gasteiger partial charge in [-0.05, 0) is 38.7 Å². The number of ether oxygens (including phenoxy) is 2. The lowest BCUT2D eigenvalue weighted by molar-refractivity contribution is 0.0481. The maximum atomic E-state index is 11.8. The van der Waals surface area contributed by atoms with E-state index >= 15 is 0 Å². The van der Waals surface area contributed by atoms with Gasteiger partial charge in [0.2, 0.25) is 0 Å². The molecule has 0 radical (unpaired) electrons. The average molecular weight is 266 g/mol. The molecule has 0 saturated heterocycles. The second-order valence-corrected chi connectivity index (χ2v) is 4.54. The van der Waals surface area contributed by atoms with Crippen molar-refractivity contribution in [2.45, 2.75) is 13.3 Å². The molecule has 19 heavy (non-hydrogen) atoms. The van der Waals surface area contributed by atoms with E-state index in [2.05, 4.69) is 0 Å². The van der Waals surface area contributed by atoms with Crippen LogP contribution in [0.4, 0.5) is 5.69 Å². The van der Waals surface area contributed by atoms with Gasteiger partial charge in [0, 0.05) is 6.54 Å². The van der Waals surface area contributed by atoms with Gasteiger partial charge in [0.25, 0.3) is 0 Å². The minimum atomic E-state index is -0.358. The third-order valence-corrected chi connectivity index (χ3v) is 2.48. The highest BCUT2D eigenvalue weighted by Crippen LogP contribution is 2.23. The Kier molecular flexibility index (Phi) is 6.15. The van der Waals surface area contributed by atoms with E-state index in [0.717, 1.165) is 6.42 Å². The summed E-state index contributed by atoms with van der Waals surface area (Å²) in [6.07, 6.45) is 0.886. The summed E-state index contributed by atoms with van der Waals surface area (Å²) in [5, 5.41) is 0. The zero-order chi connectivity index (χ0) is 14.3. The van der Waals surface area contributed by atoms with E-state index in [9.17, 15) is 4.79 Å². The topological polar surface area (TPSA) is 64.8 Å². The first-order valence-corrected chi connectivity index (χ1v) is 6.38. The van der Waals surface area contributed by atoms with Gasteiger partial charge in [0.15, 0.2) is 0 Å². The largest absolute Gasteiger partial charge is 0.491 e. The van der Waals surface area contributed by atoms with Gasteiger partial charge in [-0.3, -0.25) is 0 Å². The van der Waals surface area contributed by atoms with Crippen molar-refractivity contribution in [3.63, 3.8) is 0 Å². The zero-order valence-electron chi connectivity index (χ0n) is 11.8.